The second-order valence-electron chi connectivity index (χ2n) is 11.5. The zero-order valence-electron chi connectivity index (χ0n) is 23.0. The molecule has 0 atom stereocenters. The number of halogens is 1. The van der Waals surface area contributed by atoms with Gasteiger partial charge in [0, 0.05) is 29.7 Å². The number of nitriles is 1. The minimum atomic E-state index is -0.537. The third-order valence-corrected chi connectivity index (χ3v) is 7.29. The summed E-state index contributed by atoms with van der Waals surface area (Å²) in [5.41, 5.74) is 0.0500. The molecule has 12 heteroatoms. The molecule has 0 unspecified atom stereocenters. The first-order valence-electron chi connectivity index (χ1n) is 12.6. The molecule has 0 aromatic heterocycles. The Kier molecular flexibility index (Phi) is 8.86. The van der Waals surface area contributed by atoms with Crippen molar-refractivity contribution < 1.29 is 28.5 Å². The van der Waals surface area contributed by atoms with Crippen LogP contribution in [-0.4, -0.2) is 59.0 Å². The molecule has 1 aliphatic carbocycles. The molecule has 1 aromatic rings. The molecule has 38 heavy (non-hydrogen) atoms. The van der Waals surface area contributed by atoms with Crippen molar-refractivity contribution in [2.75, 3.05) is 13.1 Å². The number of hydrogen-bond donors (Lipinski definition) is 0. The van der Waals surface area contributed by atoms with Crippen LogP contribution in [0, 0.1) is 21.4 Å². The van der Waals surface area contributed by atoms with Crippen molar-refractivity contribution in [3.8, 4) is 11.8 Å². The molecule has 2 fully saturated rings. The van der Waals surface area contributed by atoms with Crippen LogP contribution in [0.1, 0.15) is 73.3 Å². The largest absolute Gasteiger partial charge is 0.490 e. The number of nitrogens with zero attached hydrogens (tertiary/aromatic N) is 3. The number of carbonyl (C=O) groups excluding carboxylic acids is 1. The standard InChI is InChI=1S/C16H28BNO4.C10H7BrN2O3/c1-14(2,3)20-13(19)18-10-8-12(9-11-18)17-21-15(4,5)16(6,7)22-17;11-8-4-10(16-7-1-2-7)9(13(14)15)3-6(8)5-12/h8H,9-11H2,1-7H3;3-4,7H,1-2H2. The maximum Gasteiger partial charge on any atom is 0.490 e. The average Bonchev–Trinajstić information content (AvgIpc) is 3.58. The molecule has 1 aromatic carbocycles. The van der Waals surface area contributed by atoms with Crippen LogP contribution in [0.2, 0.25) is 0 Å². The summed E-state index contributed by atoms with van der Waals surface area (Å²) in [5.74, 6) is 0.221. The highest BCUT2D eigenvalue weighted by molar-refractivity contribution is 9.10. The van der Waals surface area contributed by atoms with Crippen molar-refractivity contribution in [3.63, 3.8) is 0 Å². The van der Waals surface area contributed by atoms with Crippen molar-refractivity contribution in [3.05, 3.63) is 43.8 Å². The molecule has 10 nitrogen and oxygen atoms in total. The molecule has 206 valence electrons. The van der Waals surface area contributed by atoms with E-state index in [1.807, 2.05) is 60.6 Å². The Hall–Kier alpha value is -2.62. The monoisotopic (exact) mass is 591 g/mol. The van der Waals surface area contributed by atoms with Crippen LogP contribution in [-0.2, 0) is 14.0 Å². The van der Waals surface area contributed by atoms with Crippen LogP contribution in [0.25, 0.3) is 0 Å². The van der Waals surface area contributed by atoms with Crippen LogP contribution in [0.15, 0.2) is 28.2 Å². The lowest BCUT2D eigenvalue weighted by atomic mass is 9.75. The number of amides is 1. The quantitative estimate of drug-likeness (QED) is 0.239. The highest BCUT2D eigenvalue weighted by Gasteiger charge is 2.52. The molecule has 2 aliphatic heterocycles. The number of nitro groups is 1. The zero-order chi connectivity index (χ0) is 28.5. The first kappa shape index (κ1) is 29.9. The van der Waals surface area contributed by atoms with Crippen molar-refractivity contribution in [1.82, 2.24) is 4.90 Å². The average molecular weight is 592 g/mol. The van der Waals surface area contributed by atoms with Crippen molar-refractivity contribution in [1.29, 1.82) is 5.26 Å². The van der Waals surface area contributed by atoms with Gasteiger partial charge >= 0.3 is 18.9 Å². The predicted molar refractivity (Wildman–Crippen MR) is 146 cm³/mol. The summed E-state index contributed by atoms with van der Waals surface area (Å²) in [7, 11) is -0.314. The fourth-order valence-electron chi connectivity index (χ4n) is 3.62. The summed E-state index contributed by atoms with van der Waals surface area (Å²) in [4.78, 5) is 24.0. The molecule has 1 amide bonds. The number of hydrogen-bond acceptors (Lipinski definition) is 8. The molecule has 1 saturated heterocycles. The number of benzene rings is 1. The molecule has 0 radical (unpaired) electrons. The van der Waals surface area contributed by atoms with Gasteiger partial charge in [-0.05, 0) is 89.1 Å². The Bertz CT molecular complexity index is 1140. The van der Waals surface area contributed by atoms with Gasteiger partial charge < -0.3 is 23.7 Å². The first-order chi connectivity index (χ1) is 17.5. The van der Waals surface area contributed by atoms with E-state index in [4.69, 9.17) is 24.0 Å². The van der Waals surface area contributed by atoms with Gasteiger partial charge in [-0.25, -0.2) is 4.79 Å². The second kappa shape index (κ2) is 11.2. The molecule has 2 heterocycles. The van der Waals surface area contributed by atoms with E-state index in [1.165, 1.54) is 12.1 Å². The maximum atomic E-state index is 12.1. The Morgan fingerprint density at radius 2 is 1.84 bits per heavy atom. The van der Waals surface area contributed by atoms with Gasteiger partial charge in [0.05, 0.1) is 27.8 Å². The van der Waals surface area contributed by atoms with Crippen LogP contribution in [0.3, 0.4) is 0 Å². The predicted octanol–water partition coefficient (Wildman–Crippen LogP) is 5.96. The smallest absolute Gasteiger partial charge is 0.483 e. The number of nitro benzene ring substituents is 1. The van der Waals surface area contributed by atoms with Gasteiger partial charge in [0.25, 0.3) is 0 Å². The van der Waals surface area contributed by atoms with E-state index in [2.05, 4.69) is 15.9 Å². The third-order valence-electron chi connectivity index (χ3n) is 6.64. The van der Waals surface area contributed by atoms with E-state index in [0.29, 0.717) is 17.6 Å². The van der Waals surface area contributed by atoms with E-state index in [-0.39, 0.29) is 47.5 Å². The highest BCUT2D eigenvalue weighted by Crippen LogP contribution is 2.40. The Labute approximate surface area is 232 Å². The summed E-state index contributed by atoms with van der Waals surface area (Å²) in [6.07, 6.45) is 4.44. The maximum absolute atomic E-state index is 12.1. The van der Waals surface area contributed by atoms with E-state index in [9.17, 15) is 14.9 Å². The summed E-state index contributed by atoms with van der Waals surface area (Å²) < 4.78 is 23.4. The Morgan fingerprint density at radius 1 is 1.24 bits per heavy atom. The lowest BCUT2D eigenvalue weighted by Crippen LogP contribution is -2.41. The van der Waals surface area contributed by atoms with E-state index < -0.39 is 10.5 Å². The molecular formula is C26H35BBrN3O7. The van der Waals surface area contributed by atoms with Gasteiger partial charge in [0.15, 0.2) is 5.75 Å². The third kappa shape index (κ3) is 7.49. The molecule has 0 bridgehead atoms. The van der Waals surface area contributed by atoms with E-state index in [1.54, 1.807) is 4.90 Å². The lowest BCUT2D eigenvalue weighted by Gasteiger charge is -2.32. The first-order valence-corrected chi connectivity index (χ1v) is 13.4. The normalized spacial score (nSPS) is 20.0. The highest BCUT2D eigenvalue weighted by atomic mass is 79.9. The van der Waals surface area contributed by atoms with Gasteiger partial charge in [-0.15, -0.1) is 0 Å². The molecule has 0 spiro atoms. The molecule has 1 saturated carbocycles. The fourth-order valence-corrected chi connectivity index (χ4v) is 4.03. The van der Waals surface area contributed by atoms with Crippen molar-refractivity contribution in [2.24, 2.45) is 0 Å². The number of rotatable bonds is 4. The summed E-state index contributed by atoms with van der Waals surface area (Å²) >= 11 is 3.18. The van der Waals surface area contributed by atoms with Gasteiger partial charge in [-0.1, -0.05) is 6.08 Å². The van der Waals surface area contributed by atoms with Crippen LogP contribution < -0.4 is 4.74 Å². The topological polar surface area (TPSA) is 124 Å². The molecule has 0 N–H and O–H groups in total. The van der Waals surface area contributed by atoms with Crippen LogP contribution in [0.5, 0.6) is 5.75 Å². The van der Waals surface area contributed by atoms with Crippen LogP contribution in [0.4, 0.5) is 10.5 Å². The number of carbonyl (C=O) groups is 1. The molecular weight excluding hydrogens is 557 g/mol. The van der Waals surface area contributed by atoms with Gasteiger partial charge in [-0.3, -0.25) is 10.1 Å². The van der Waals surface area contributed by atoms with Gasteiger partial charge in [0.2, 0.25) is 0 Å². The Morgan fingerprint density at radius 3 is 2.29 bits per heavy atom. The van der Waals surface area contributed by atoms with Gasteiger partial charge in [-0.2, -0.15) is 5.26 Å². The van der Waals surface area contributed by atoms with E-state index >= 15 is 0 Å². The second-order valence-corrected chi connectivity index (χ2v) is 12.4. The van der Waals surface area contributed by atoms with E-state index in [0.717, 1.165) is 24.7 Å². The Balaban J connectivity index is 0.000000221. The summed E-state index contributed by atoms with van der Waals surface area (Å²) in [5, 5.41) is 19.6. The van der Waals surface area contributed by atoms with Crippen molar-refractivity contribution in [2.45, 2.75) is 90.6 Å². The zero-order valence-corrected chi connectivity index (χ0v) is 24.6. The van der Waals surface area contributed by atoms with Crippen LogP contribution >= 0.6 is 15.9 Å². The summed E-state index contributed by atoms with van der Waals surface area (Å²) in [6.45, 7) is 15.0. The van der Waals surface area contributed by atoms with Crippen molar-refractivity contribution >= 4 is 34.8 Å². The number of ether oxygens (including phenoxy) is 2. The SMILES string of the molecule is CC(C)(C)OC(=O)N1CC=C(B2OC(C)(C)C(C)(C)O2)CC1.N#Cc1cc([N+](=O)[O-])c(OC2CC2)cc1Br. The minimum absolute atomic E-state index is 0.0820. The minimum Gasteiger partial charge on any atom is -0.483 e. The van der Waals surface area contributed by atoms with Gasteiger partial charge in [0.1, 0.15) is 11.7 Å². The lowest BCUT2D eigenvalue weighted by molar-refractivity contribution is -0.386. The molecule has 3 aliphatic rings. The summed E-state index contributed by atoms with van der Waals surface area (Å²) in [6, 6.07) is 4.58. The fraction of sp³-hybridized carbons (Fsp3) is 0.615. The molecule has 4 rings (SSSR count).